The summed E-state index contributed by atoms with van der Waals surface area (Å²) in [7, 11) is 0. The number of carbonyl (C=O) groups excluding carboxylic acids is 2. The lowest BCUT2D eigenvalue weighted by atomic mass is 9.93. The van der Waals surface area contributed by atoms with Crippen molar-refractivity contribution in [3.63, 3.8) is 0 Å². The van der Waals surface area contributed by atoms with Crippen molar-refractivity contribution in [3.05, 3.63) is 36.1 Å². The molecule has 2 atom stereocenters. The third kappa shape index (κ3) is 2.19. The van der Waals surface area contributed by atoms with Crippen LogP contribution in [0.5, 0.6) is 0 Å². The second-order valence-corrected chi connectivity index (χ2v) is 4.34. The van der Waals surface area contributed by atoms with Gasteiger partial charge in [0.2, 0.25) is 5.78 Å². The Labute approximate surface area is 104 Å². The van der Waals surface area contributed by atoms with E-state index in [0.717, 1.165) is 5.39 Å². The summed E-state index contributed by atoms with van der Waals surface area (Å²) in [5.41, 5.74) is 0.591. The van der Waals surface area contributed by atoms with Crippen molar-refractivity contribution in [1.82, 2.24) is 0 Å². The largest absolute Gasteiger partial charge is 0.453 e. The third-order valence-corrected chi connectivity index (χ3v) is 2.87. The molecule has 94 valence electrons. The van der Waals surface area contributed by atoms with Gasteiger partial charge in [0.1, 0.15) is 17.3 Å². The first-order chi connectivity index (χ1) is 8.50. The Kier molecular flexibility index (Phi) is 3.30. The van der Waals surface area contributed by atoms with E-state index in [9.17, 15) is 14.7 Å². The number of Topliss-reactive ketones (excluding diaryl/α,β-unsaturated/α-hetero) is 2. The molecule has 0 aliphatic heterocycles. The fourth-order valence-electron chi connectivity index (χ4n) is 2.00. The molecule has 4 nitrogen and oxygen atoms in total. The number of hydrogen-bond acceptors (Lipinski definition) is 4. The summed E-state index contributed by atoms with van der Waals surface area (Å²) < 4.78 is 5.40. The van der Waals surface area contributed by atoms with Crippen LogP contribution in [0, 0.1) is 5.92 Å². The lowest BCUT2D eigenvalue weighted by Crippen LogP contribution is -2.31. The molecule has 0 aliphatic carbocycles. The van der Waals surface area contributed by atoms with Crippen molar-refractivity contribution in [2.45, 2.75) is 20.0 Å². The van der Waals surface area contributed by atoms with Crippen molar-refractivity contribution in [2.75, 3.05) is 0 Å². The maximum Gasteiger partial charge on any atom is 0.211 e. The van der Waals surface area contributed by atoms with Gasteiger partial charge in [-0.3, -0.25) is 9.59 Å². The van der Waals surface area contributed by atoms with Gasteiger partial charge in [0.25, 0.3) is 0 Å². The molecule has 0 amide bonds. The predicted octanol–water partition coefficient (Wildman–Crippen LogP) is 2.20. The zero-order chi connectivity index (χ0) is 13.3. The molecule has 2 rings (SSSR count). The van der Waals surface area contributed by atoms with Gasteiger partial charge in [-0.2, -0.15) is 0 Å². The van der Waals surface area contributed by atoms with E-state index in [1.807, 2.05) is 12.1 Å². The van der Waals surface area contributed by atoms with E-state index in [1.54, 1.807) is 18.2 Å². The van der Waals surface area contributed by atoms with Gasteiger partial charge < -0.3 is 9.52 Å². The highest BCUT2D eigenvalue weighted by Crippen LogP contribution is 2.22. The van der Waals surface area contributed by atoms with E-state index >= 15 is 0 Å². The number of aliphatic hydroxyl groups is 1. The molecule has 18 heavy (non-hydrogen) atoms. The molecule has 1 N–H and O–H groups in total. The number of benzene rings is 1. The van der Waals surface area contributed by atoms with Gasteiger partial charge in [-0.1, -0.05) is 18.2 Å². The predicted molar refractivity (Wildman–Crippen MR) is 66.4 cm³/mol. The van der Waals surface area contributed by atoms with Gasteiger partial charge in [-0.05, 0) is 26.0 Å². The molecule has 2 aromatic rings. The highest BCUT2D eigenvalue weighted by molar-refractivity contribution is 6.10. The maximum atomic E-state index is 12.1. The number of hydrogen-bond donors (Lipinski definition) is 1. The Morgan fingerprint density at radius 3 is 2.50 bits per heavy atom. The SMILES string of the molecule is CC(=O)C(C(=O)c1cc2ccccc2o1)C(C)O. The maximum absolute atomic E-state index is 12.1. The van der Waals surface area contributed by atoms with Gasteiger partial charge in [0.15, 0.2) is 5.76 Å². The molecule has 4 heteroatoms. The first-order valence-electron chi connectivity index (χ1n) is 5.72. The number of para-hydroxylation sites is 1. The average Bonchev–Trinajstić information content (AvgIpc) is 2.71. The Morgan fingerprint density at radius 2 is 1.94 bits per heavy atom. The molecular formula is C14H14O4. The van der Waals surface area contributed by atoms with E-state index in [1.165, 1.54) is 13.8 Å². The summed E-state index contributed by atoms with van der Waals surface area (Å²) in [6.45, 7) is 2.71. The van der Waals surface area contributed by atoms with Crippen LogP contribution in [0.1, 0.15) is 24.4 Å². The van der Waals surface area contributed by atoms with Crippen LogP contribution in [0.15, 0.2) is 34.7 Å². The summed E-state index contributed by atoms with van der Waals surface area (Å²) in [6.07, 6.45) is -1.02. The molecule has 0 spiro atoms. The number of ketones is 2. The van der Waals surface area contributed by atoms with Crippen LogP contribution in [0.2, 0.25) is 0 Å². The van der Waals surface area contributed by atoms with Gasteiger partial charge in [0, 0.05) is 5.39 Å². The molecule has 0 fully saturated rings. The summed E-state index contributed by atoms with van der Waals surface area (Å²) in [4.78, 5) is 23.5. The van der Waals surface area contributed by atoms with E-state index in [2.05, 4.69) is 0 Å². The second-order valence-electron chi connectivity index (χ2n) is 4.34. The summed E-state index contributed by atoms with van der Waals surface area (Å²) in [6, 6.07) is 8.80. The zero-order valence-corrected chi connectivity index (χ0v) is 10.2. The average molecular weight is 246 g/mol. The highest BCUT2D eigenvalue weighted by Gasteiger charge is 2.31. The Hall–Kier alpha value is -1.94. The number of aliphatic hydroxyl groups excluding tert-OH is 1. The smallest absolute Gasteiger partial charge is 0.211 e. The highest BCUT2D eigenvalue weighted by atomic mass is 16.3. The van der Waals surface area contributed by atoms with Crippen LogP contribution in [-0.4, -0.2) is 22.8 Å². The minimum atomic E-state index is -1.06. The quantitative estimate of drug-likeness (QED) is 0.663. The van der Waals surface area contributed by atoms with Gasteiger partial charge in [0.05, 0.1) is 6.10 Å². The lowest BCUT2D eigenvalue weighted by molar-refractivity contribution is -0.121. The molecule has 0 bridgehead atoms. The third-order valence-electron chi connectivity index (χ3n) is 2.87. The first-order valence-corrected chi connectivity index (χ1v) is 5.72. The Morgan fingerprint density at radius 1 is 1.28 bits per heavy atom. The van der Waals surface area contributed by atoms with Gasteiger partial charge >= 0.3 is 0 Å². The topological polar surface area (TPSA) is 67.5 Å². The fourth-order valence-corrected chi connectivity index (χ4v) is 2.00. The summed E-state index contributed by atoms with van der Waals surface area (Å²) >= 11 is 0. The number of rotatable bonds is 4. The molecule has 0 saturated heterocycles. The van der Waals surface area contributed by atoms with Crippen LogP contribution in [0.3, 0.4) is 0 Å². The first kappa shape index (κ1) is 12.5. The fraction of sp³-hybridized carbons (Fsp3) is 0.286. The van der Waals surface area contributed by atoms with Crippen molar-refractivity contribution in [2.24, 2.45) is 5.92 Å². The summed E-state index contributed by atoms with van der Waals surface area (Å²) in [5, 5.41) is 10.3. The lowest BCUT2D eigenvalue weighted by Gasteiger charge is -2.13. The van der Waals surface area contributed by atoms with E-state index < -0.39 is 17.8 Å². The van der Waals surface area contributed by atoms with Crippen LogP contribution >= 0.6 is 0 Å². The number of carbonyl (C=O) groups is 2. The molecule has 1 heterocycles. The number of fused-ring (bicyclic) bond motifs is 1. The molecule has 2 unspecified atom stereocenters. The van der Waals surface area contributed by atoms with Crippen LogP contribution in [-0.2, 0) is 4.79 Å². The minimum absolute atomic E-state index is 0.109. The minimum Gasteiger partial charge on any atom is -0.453 e. The van der Waals surface area contributed by atoms with Crippen LogP contribution in [0.4, 0.5) is 0 Å². The van der Waals surface area contributed by atoms with E-state index in [0.29, 0.717) is 5.58 Å². The molecule has 1 aromatic carbocycles. The van der Waals surface area contributed by atoms with Crippen molar-refractivity contribution < 1.29 is 19.1 Å². The van der Waals surface area contributed by atoms with Crippen LogP contribution < -0.4 is 0 Å². The number of furan rings is 1. The van der Waals surface area contributed by atoms with Gasteiger partial charge in [-0.25, -0.2) is 0 Å². The molecule has 0 aliphatic rings. The van der Waals surface area contributed by atoms with Crippen molar-refractivity contribution in [3.8, 4) is 0 Å². The normalized spacial score (nSPS) is 14.4. The molecule has 1 aromatic heterocycles. The van der Waals surface area contributed by atoms with Crippen LogP contribution in [0.25, 0.3) is 11.0 Å². The second kappa shape index (κ2) is 4.74. The Balaban J connectivity index is 2.41. The van der Waals surface area contributed by atoms with Crippen molar-refractivity contribution in [1.29, 1.82) is 0 Å². The zero-order valence-electron chi connectivity index (χ0n) is 10.2. The summed E-state index contributed by atoms with van der Waals surface area (Å²) in [5.74, 6) is -1.80. The molecule has 0 saturated carbocycles. The van der Waals surface area contributed by atoms with E-state index in [4.69, 9.17) is 4.42 Å². The van der Waals surface area contributed by atoms with Crippen molar-refractivity contribution >= 4 is 22.5 Å². The molecule has 0 radical (unpaired) electrons. The monoisotopic (exact) mass is 246 g/mol. The molecular weight excluding hydrogens is 232 g/mol. The Bertz CT molecular complexity index is 562. The van der Waals surface area contributed by atoms with E-state index in [-0.39, 0.29) is 11.5 Å². The standard InChI is InChI=1S/C14H14O4/c1-8(15)13(9(2)16)14(17)12-7-10-5-3-4-6-11(10)18-12/h3-8,13,15H,1-2H3. The van der Waals surface area contributed by atoms with Gasteiger partial charge in [-0.15, -0.1) is 0 Å².